The van der Waals surface area contributed by atoms with Crippen LogP contribution >= 0.6 is 0 Å². The number of rotatable bonds is 4. The van der Waals surface area contributed by atoms with Gasteiger partial charge in [0, 0.05) is 5.56 Å². The Balaban J connectivity index is 1.17. The first-order chi connectivity index (χ1) is 16.9. The number of aromatic nitrogens is 4. The Bertz CT molecular complexity index is 1270. The van der Waals surface area contributed by atoms with Gasteiger partial charge >= 0.3 is 0 Å². The molecular weight excluding hydrogens is 440 g/mol. The van der Waals surface area contributed by atoms with Crippen LogP contribution in [0.3, 0.4) is 0 Å². The molecule has 4 bridgehead atoms. The molecular formula is C27H30N6O2. The number of hydrazine groups is 1. The van der Waals surface area contributed by atoms with Crippen LogP contribution < -0.4 is 10.9 Å². The van der Waals surface area contributed by atoms with E-state index in [9.17, 15) is 9.59 Å². The summed E-state index contributed by atoms with van der Waals surface area (Å²) < 4.78 is 1.52. The number of nitrogens with one attached hydrogen (secondary N) is 2. The number of aryl methyl sites for hydroxylation is 2. The number of amides is 2. The van der Waals surface area contributed by atoms with Gasteiger partial charge in [0.15, 0.2) is 0 Å². The summed E-state index contributed by atoms with van der Waals surface area (Å²) in [5, 5.41) is 11.1. The highest BCUT2D eigenvalue weighted by molar-refractivity contribution is 5.96. The van der Waals surface area contributed by atoms with Crippen LogP contribution in [0.4, 0.5) is 0 Å². The number of hydrogen-bond acceptors (Lipinski definition) is 5. The summed E-state index contributed by atoms with van der Waals surface area (Å²) in [6.45, 7) is 4.32. The highest BCUT2D eigenvalue weighted by Gasteiger charge is 2.61. The number of nitrogens with zero attached hydrogens (tertiary/aromatic N) is 4. The molecule has 0 radical (unpaired) electrons. The minimum absolute atomic E-state index is 0.0431. The van der Waals surface area contributed by atoms with Gasteiger partial charge in [-0.2, -0.15) is 0 Å². The van der Waals surface area contributed by atoms with Crippen molar-refractivity contribution in [2.75, 3.05) is 0 Å². The smallest absolute Gasteiger partial charge is 0.269 e. The van der Waals surface area contributed by atoms with Crippen LogP contribution in [0.5, 0.6) is 0 Å². The lowest BCUT2D eigenvalue weighted by Crippen LogP contribution is -2.60. The molecule has 8 nitrogen and oxygen atoms in total. The second kappa shape index (κ2) is 8.00. The van der Waals surface area contributed by atoms with E-state index in [-0.39, 0.29) is 17.2 Å². The maximum Gasteiger partial charge on any atom is 0.269 e. The number of benzene rings is 2. The van der Waals surface area contributed by atoms with Crippen LogP contribution in [0.15, 0.2) is 48.8 Å². The fraction of sp³-hybridized carbons (Fsp3) is 0.444. The molecule has 0 aliphatic heterocycles. The zero-order chi connectivity index (χ0) is 24.2. The summed E-state index contributed by atoms with van der Waals surface area (Å²) in [5.74, 6) is 0.755. The van der Waals surface area contributed by atoms with Gasteiger partial charge in [0.05, 0.1) is 11.1 Å². The van der Waals surface area contributed by atoms with Crippen molar-refractivity contribution in [2.24, 2.45) is 17.3 Å². The van der Waals surface area contributed by atoms with Crippen molar-refractivity contribution in [3.8, 4) is 5.69 Å². The van der Waals surface area contributed by atoms with Crippen LogP contribution in [0, 0.1) is 31.1 Å². The topological polar surface area (TPSA) is 102 Å². The van der Waals surface area contributed by atoms with Gasteiger partial charge in [-0.05, 0) is 121 Å². The lowest BCUT2D eigenvalue weighted by atomic mass is 9.42. The summed E-state index contributed by atoms with van der Waals surface area (Å²) in [7, 11) is 0. The van der Waals surface area contributed by atoms with Crippen molar-refractivity contribution in [1.82, 2.24) is 31.1 Å². The van der Waals surface area contributed by atoms with Crippen molar-refractivity contribution in [1.29, 1.82) is 0 Å². The standard InChI is InChI=1S/C27H30N6O2/c1-17-3-6-22(9-18(17)2)26-11-19-10-20(12-26)14-27(13-19,15-26)25(35)30-29-24(34)21-4-7-23(8-5-21)33-16-28-31-32-33/h3-9,16,19-20H,10-15H2,1-2H3,(H,29,34)(H,30,35). The summed E-state index contributed by atoms with van der Waals surface area (Å²) in [6.07, 6.45) is 7.74. The van der Waals surface area contributed by atoms with Crippen LogP contribution in [0.2, 0.25) is 0 Å². The van der Waals surface area contributed by atoms with Gasteiger partial charge in [-0.1, -0.05) is 18.2 Å². The van der Waals surface area contributed by atoms with Gasteiger partial charge in [0.2, 0.25) is 5.91 Å². The maximum absolute atomic E-state index is 13.6. The summed E-state index contributed by atoms with van der Waals surface area (Å²) in [5.41, 5.74) is 10.3. The molecule has 4 saturated carbocycles. The molecule has 4 aliphatic rings. The minimum Gasteiger partial charge on any atom is -0.273 e. The van der Waals surface area contributed by atoms with E-state index in [0.717, 1.165) is 24.9 Å². The molecule has 2 N–H and O–H groups in total. The highest BCUT2D eigenvalue weighted by atomic mass is 16.2. The molecule has 4 aliphatic carbocycles. The molecule has 4 fully saturated rings. The van der Waals surface area contributed by atoms with E-state index in [4.69, 9.17) is 0 Å². The summed E-state index contributed by atoms with van der Waals surface area (Å²) in [4.78, 5) is 26.3. The van der Waals surface area contributed by atoms with Crippen LogP contribution in [-0.4, -0.2) is 32.0 Å². The Morgan fingerprint density at radius 1 is 0.943 bits per heavy atom. The molecule has 180 valence electrons. The van der Waals surface area contributed by atoms with E-state index in [1.165, 1.54) is 47.0 Å². The predicted molar refractivity (Wildman–Crippen MR) is 129 cm³/mol. The predicted octanol–water partition coefficient (Wildman–Crippen LogP) is 3.58. The Hall–Kier alpha value is -3.55. The van der Waals surface area contributed by atoms with Gasteiger partial charge in [-0.15, -0.1) is 5.10 Å². The number of hydrogen-bond donors (Lipinski definition) is 2. The first-order valence-corrected chi connectivity index (χ1v) is 12.4. The molecule has 8 heteroatoms. The van der Waals surface area contributed by atoms with Crippen molar-refractivity contribution in [2.45, 2.75) is 57.8 Å². The molecule has 2 atom stereocenters. The molecule has 2 aromatic carbocycles. The van der Waals surface area contributed by atoms with Crippen LogP contribution in [-0.2, 0) is 10.2 Å². The first-order valence-electron chi connectivity index (χ1n) is 12.4. The Kier molecular flexibility index (Phi) is 5.02. The zero-order valence-electron chi connectivity index (χ0n) is 20.1. The lowest BCUT2D eigenvalue weighted by Gasteiger charge is -2.61. The van der Waals surface area contributed by atoms with Crippen molar-refractivity contribution in [3.63, 3.8) is 0 Å². The molecule has 1 aromatic heterocycles. The molecule has 3 aromatic rings. The normalized spacial score (nSPS) is 28.6. The summed E-state index contributed by atoms with van der Waals surface area (Å²) in [6, 6.07) is 13.8. The summed E-state index contributed by atoms with van der Waals surface area (Å²) >= 11 is 0. The SMILES string of the molecule is Cc1ccc(C23CC4CC(CC(C(=O)NNC(=O)c5ccc(-n6cnnn6)cc5)(C4)C2)C3)cc1C. The third kappa shape index (κ3) is 3.72. The fourth-order valence-electron chi connectivity index (χ4n) is 7.30. The largest absolute Gasteiger partial charge is 0.273 e. The Morgan fingerprint density at radius 3 is 2.34 bits per heavy atom. The lowest BCUT2D eigenvalue weighted by molar-refractivity contribution is -0.149. The van der Waals surface area contributed by atoms with Crippen molar-refractivity contribution in [3.05, 3.63) is 71.0 Å². The van der Waals surface area contributed by atoms with E-state index in [0.29, 0.717) is 17.4 Å². The zero-order valence-corrected chi connectivity index (χ0v) is 20.1. The van der Waals surface area contributed by atoms with Gasteiger partial charge in [0.25, 0.3) is 5.91 Å². The second-order valence-corrected chi connectivity index (χ2v) is 11.0. The number of carbonyl (C=O) groups is 2. The quantitative estimate of drug-likeness (QED) is 0.568. The van der Waals surface area contributed by atoms with E-state index in [2.05, 4.69) is 58.4 Å². The van der Waals surface area contributed by atoms with Gasteiger partial charge < -0.3 is 0 Å². The van der Waals surface area contributed by atoms with Gasteiger partial charge in [0.1, 0.15) is 6.33 Å². The van der Waals surface area contributed by atoms with Gasteiger partial charge in [-0.25, -0.2) is 4.68 Å². The fourth-order valence-corrected chi connectivity index (χ4v) is 7.30. The van der Waals surface area contributed by atoms with Crippen LogP contribution in [0.1, 0.15) is 65.6 Å². The molecule has 2 amide bonds. The first kappa shape index (κ1) is 21.9. The second-order valence-electron chi connectivity index (χ2n) is 11.0. The minimum atomic E-state index is -0.417. The third-order valence-corrected chi connectivity index (χ3v) is 8.69. The monoisotopic (exact) mass is 470 g/mol. The van der Waals surface area contributed by atoms with Gasteiger partial charge in [-0.3, -0.25) is 20.4 Å². The van der Waals surface area contributed by atoms with E-state index in [1.807, 2.05) is 0 Å². The van der Waals surface area contributed by atoms with E-state index >= 15 is 0 Å². The molecule has 0 spiro atoms. The molecule has 7 rings (SSSR count). The van der Waals surface area contributed by atoms with Crippen molar-refractivity contribution < 1.29 is 9.59 Å². The average molecular weight is 471 g/mol. The highest BCUT2D eigenvalue weighted by Crippen LogP contribution is 2.65. The number of carbonyl (C=O) groups excluding carboxylic acids is 2. The van der Waals surface area contributed by atoms with Crippen molar-refractivity contribution >= 4 is 11.8 Å². The van der Waals surface area contributed by atoms with E-state index in [1.54, 1.807) is 24.3 Å². The molecule has 1 heterocycles. The van der Waals surface area contributed by atoms with Crippen LogP contribution in [0.25, 0.3) is 5.69 Å². The molecule has 2 unspecified atom stereocenters. The third-order valence-electron chi connectivity index (χ3n) is 8.69. The molecule has 35 heavy (non-hydrogen) atoms. The average Bonchev–Trinajstić information content (AvgIpc) is 3.38. The van der Waals surface area contributed by atoms with E-state index < -0.39 is 5.41 Å². The Labute approximate surface area is 204 Å². The maximum atomic E-state index is 13.6. The molecule has 0 saturated heterocycles. The number of tetrazole rings is 1. The Morgan fingerprint density at radius 2 is 1.69 bits per heavy atom.